The van der Waals surface area contributed by atoms with Crippen molar-refractivity contribution >= 4 is 10.9 Å². The standard InChI is InChI=1S/C10H7F2N.C7H9NO/c1-6-2-3-13-10-8(6)4-7(11)5-9(10)12;1-6-3-7(9-2)5-8-4-6/h2-5H,1H3;3-5H,1-2H3. The molecule has 0 saturated carbocycles. The molecule has 0 radical (unpaired) electrons. The van der Waals surface area contributed by atoms with Gasteiger partial charge in [0.25, 0.3) is 0 Å². The second-order valence-corrected chi connectivity index (χ2v) is 4.81. The Morgan fingerprint density at radius 3 is 2.45 bits per heavy atom. The van der Waals surface area contributed by atoms with Gasteiger partial charge in [-0.2, -0.15) is 0 Å². The maximum Gasteiger partial charge on any atom is 0.152 e. The quantitative estimate of drug-likeness (QED) is 0.675. The van der Waals surface area contributed by atoms with E-state index in [0.29, 0.717) is 5.39 Å². The van der Waals surface area contributed by atoms with Crippen molar-refractivity contribution in [2.75, 3.05) is 7.11 Å². The van der Waals surface area contributed by atoms with E-state index in [-0.39, 0.29) is 5.52 Å². The summed E-state index contributed by atoms with van der Waals surface area (Å²) in [5, 5.41) is 0.528. The molecule has 3 nitrogen and oxygen atoms in total. The number of aromatic nitrogens is 2. The van der Waals surface area contributed by atoms with Crippen LogP contribution < -0.4 is 4.74 Å². The van der Waals surface area contributed by atoms with Crippen LogP contribution in [0.1, 0.15) is 11.1 Å². The van der Waals surface area contributed by atoms with Crippen LogP contribution in [-0.4, -0.2) is 17.1 Å². The van der Waals surface area contributed by atoms with Crippen LogP contribution in [0.25, 0.3) is 10.9 Å². The van der Waals surface area contributed by atoms with Gasteiger partial charge in [-0.05, 0) is 43.2 Å². The summed E-state index contributed by atoms with van der Waals surface area (Å²) < 4.78 is 30.9. The first-order chi connectivity index (χ1) is 10.5. The predicted molar refractivity (Wildman–Crippen MR) is 81.9 cm³/mol. The van der Waals surface area contributed by atoms with E-state index in [2.05, 4.69) is 9.97 Å². The van der Waals surface area contributed by atoms with Crippen molar-refractivity contribution in [2.24, 2.45) is 0 Å². The van der Waals surface area contributed by atoms with E-state index >= 15 is 0 Å². The molecule has 0 unspecified atom stereocenters. The van der Waals surface area contributed by atoms with Gasteiger partial charge in [0.1, 0.15) is 17.1 Å². The van der Waals surface area contributed by atoms with E-state index in [0.717, 1.165) is 22.9 Å². The van der Waals surface area contributed by atoms with Crippen molar-refractivity contribution in [1.29, 1.82) is 0 Å². The molecule has 2 heterocycles. The fourth-order valence-corrected chi connectivity index (χ4v) is 1.95. The lowest BCUT2D eigenvalue weighted by molar-refractivity contribution is 0.412. The number of hydrogen-bond donors (Lipinski definition) is 0. The van der Waals surface area contributed by atoms with Gasteiger partial charge in [-0.25, -0.2) is 8.78 Å². The van der Waals surface area contributed by atoms with E-state index in [1.807, 2.05) is 13.0 Å². The monoisotopic (exact) mass is 302 g/mol. The summed E-state index contributed by atoms with van der Waals surface area (Å²) in [5.74, 6) is -0.366. The molecule has 0 aliphatic heterocycles. The van der Waals surface area contributed by atoms with E-state index in [1.54, 1.807) is 32.5 Å². The summed E-state index contributed by atoms with van der Waals surface area (Å²) in [6, 6.07) is 5.80. The Labute approximate surface area is 127 Å². The molecule has 0 amide bonds. The lowest BCUT2D eigenvalue weighted by Gasteiger charge is -2.01. The summed E-state index contributed by atoms with van der Waals surface area (Å²) in [6.45, 7) is 3.78. The number of aryl methyl sites for hydroxylation is 2. The molecule has 0 fully saturated rings. The Balaban J connectivity index is 0.000000172. The zero-order valence-corrected chi connectivity index (χ0v) is 12.6. The molecule has 0 aliphatic carbocycles. The van der Waals surface area contributed by atoms with Gasteiger partial charge in [0.2, 0.25) is 0 Å². The lowest BCUT2D eigenvalue weighted by atomic mass is 10.1. The maximum atomic E-state index is 13.1. The molecular weight excluding hydrogens is 286 g/mol. The van der Waals surface area contributed by atoms with Crippen molar-refractivity contribution in [3.63, 3.8) is 0 Å². The second kappa shape index (κ2) is 6.93. The third-order valence-electron chi connectivity index (χ3n) is 3.07. The van der Waals surface area contributed by atoms with Gasteiger partial charge in [-0.3, -0.25) is 9.97 Å². The smallest absolute Gasteiger partial charge is 0.152 e. The molecule has 22 heavy (non-hydrogen) atoms. The number of rotatable bonds is 1. The largest absolute Gasteiger partial charge is 0.495 e. The van der Waals surface area contributed by atoms with Crippen molar-refractivity contribution in [3.05, 3.63) is 65.6 Å². The minimum absolute atomic E-state index is 0.224. The van der Waals surface area contributed by atoms with Gasteiger partial charge in [-0.1, -0.05) is 0 Å². The zero-order chi connectivity index (χ0) is 16.1. The Hall–Kier alpha value is -2.56. The fourth-order valence-electron chi connectivity index (χ4n) is 1.95. The average Bonchev–Trinajstić information content (AvgIpc) is 2.49. The fraction of sp³-hybridized carbons (Fsp3) is 0.176. The van der Waals surface area contributed by atoms with Crippen LogP contribution in [0.3, 0.4) is 0 Å². The SMILES string of the molecule is COc1cncc(C)c1.Cc1ccnc2c(F)cc(F)cc12. The second-order valence-electron chi connectivity index (χ2n) is 4.81. The van der Waals surface area contributed by atoms with E-state index in [1.165, 1.54) is 12.3 Å². The van der Waals surface area contributed by atoms with Crippen molar-refractivity contribution in [1.82, 2.24) is 9.97 Å². The van der Waals surface area contributed by atoms with Crippen LogP contribution in [0.2, 0.25) is 0 Å². The molecule has 0 aliphatic rings. The molecular formula is C17H16F2N2O. The molecule has 5 heteroatoms. The molecule has 114 valence electrons. The molecule has 0 bridgehead atoms. The molecule has 2 aromatic heterocycles. The molecule has 0 saturated heterocycles. The highest BCUT2D eigenvalue weighted by Gasteiger charge is 2.05. The topological polar surface area (TPSA) is 35.0 Å². The van der Waals surface area contributed by atoms with Crippen LogP contribution in [0, 0.1) is 25.5 Å². The third kappa shape index (κ3) is 3.75. The van der Waals surface area contributed by atoms with Crippen molar-refractivity contribution < 1.29 is 13.5 Å². The highest BCUT2D eigenvalue weighted by Crippen LogP contribution is 2.20. The van der Waals surface area contributed by atoms with Gasteiger partial charge in [0.15, 0.2) is 5.82 Å². The Bertz CT molecular complexity index is 791. The first-order valence-corrected chi connectivity index (χ1v) is 6.67. The van der Waals surface area contributed by atoms with Crippen LogP contribution in [0.4, 0.5) is 8.78 Å². The summed E-state index contributed by atoms with van der Waals surface area (Å²) >= 11 is 0. The number of fused-ring (bicyclic) bond motifs is 1. The average molecular weight is 302 g/mol. The van der Waals surface area contributed by atoms with Crippen LogP contribution in [0.15, 0.2) is 42.9 Å². The summed E-state index contributed by atoms with van der Waals surface area (Å²) in [6.07, 6.45) is 4.99. The van der Waals surface area contributed by atoms with Gasteiger partial charge in [0.05, 0.1) is 13.3 Å². The van der Waals surface area contributed by atoms with Gasteiger partial charge in [-0.15, -0.1) is 0 Å². The lowest BCUT2D eigenvalue weighted by Crippen LogP contribution is -1.88. The van der Waals surface area contributed by atoms with E-state index < -0.39 is 11.6 Å². The number of pyridine rings is 2. The number of benzene rings is 1. The van der Waals surface area contributed by atoms with Crippen LogP contribution >= 0.6 is 0 Å². The third-order valence-corrected chi connectivity index (χ3v) is 3.07. The van der Waals surface area contributed by atoms with Crippen LogP contribution in [-0.2, 0) is 0 Å². The predicted octanol–water partition coefficient (Wildman–Crippen LogP) is 4.22. The molecule has 3 aromatic rings. The van der Waals surface area contributed by atoms with E-state index in [4.69, 9.17) is 4.74 Å². The van der Waals surface area contributed by atoms with Gasteiger partial charge >= 0.3 is 0 Å². The number of nitrogens with zero attached hydrogens (tertiary/aromatic N) is 2. The summed E-state index contributed by atoms with van der Waals surface area (Å²) in [5.41, 5.74) is 2.17. The molecule has 0 atom stereocenters. The molecule has 0 spiro atoms. The minimum atomic E-state index is -0.612. The first-order valence-electron chi connectivity index (χ1n) is 6.67. The summed E-state index contributed by atoms with van der Waals surface area (Å²) in [4.78, 5) is 7.77. The number of ether oxygens (including phenoxy) is 1. The molecule has 1 aromatic carbocycles. The normalized spacial score (nSPS) is 10.0. The van der Waals surface area contributed by atoms with Crippen LogP contribution in [0.5, 0.6) is 5.75 Å². The molecule has 0 N–H and O–H groups in total. The van der Waals surface area contributed by atoms with E-state index in [9.17, 15) is 8.78 Å². The number of hydrogen-bond acceptors (Lipinski definition) is 3. The Morgan fingerprint density at radius 1 is 1.05 bits per heavy atom. The van der Waals surface area contributed by atoms with Gasteiger partial charge < -0.3 is 4.74 Å². The molecule has 3 rings (SSSR count). The van der Waals surface area contributed by atoms with Crippen molar-refractivity contribution in [2.45, 2.75) is 13.8 Å². The zero-order valence-electron chi connectivity index (χ0n) is 12.6. The van der Waals surface area contributed by atoms with Crippen molar-refractivity contribution in [3.8, 4) is 5.75 Å². The number of methoxy groups -OCH3 is 1. The first kappa shape index (κ1) is 15.8. The minimum Gasteiger partial charge on any atom is -0.495 e. The Morgan fingerprint density at radius 2 is 1.82 bits per heavy atom. The summed E-state index contributed by atoms with van der Waals surface area (Å²) in [7, 11) is 1.64. The maximum absolute atomic E-state index is 13.1. The Kier molecular flexibility index (Phi) is 4.99. The van der Waals surface area contributed by atoms with Gasteiger partial charge in [0, 0.05) is 23.8 Å². The highest BCUT2D eigenvalue weighted by atomic mass is 19.1. The number of halogens is 2. The highest BCUT2D eigenvalue weighted by molar-refractivity contribution is 5.82.